The quantitative estimate of drug-likeness (QED) is 0.578. The Bertz CT molecular complexity index is 302. The van der Waals surface area contributed by atoms with Crippen LogP contribution in [0.2, 0.25) is 0 Å². The molecule has 1 nitrogen and oxygen atoms in total. The number of thioether (sulfide) groups is 1. The summed E-state index contributed by atoms with van der Waals surface area (Å²) in [5, 5.41) is 3.39. The molecule has 16 heavy (non-hydrogen) atoms. The van der Waals surface area contributed by atoms with E-state index in [1.165, 1.54) is 10.5 Å². The lowest BCUT2D eigenvalue weighted by molar-refractivity contribution is 0.489. The fraction of sp³-hybridized carbons (Fsp3) is 0.538. The van der Waals surface area contributed by atoms with Crippen LogP contribution in [0.4, 0.5) is 4.39 Å². The maximum absolute atomic E-state index is 12.0. The summed E-state index contributed by atoms with van der Waals surface area (Å²) in [6.45, 7) is 4.95. The summed E-state index contributed by atoms with van der Waals surface area (Å²) in [6.07, 6.45) is 0.638. The zero-order valence-electron chi connectivity index (χ0n) is 10.0. The predicted molar refractivity (Wildman–Crippen MR) is 69.7 cm³/mol. The fourth-order valence-electron chi connectivity index (χ4n) is 1.31. The number of rotatable bonds is 7. The second-order valence-corrected chi connectivity index (χ2v) is 5.24. The van der Waals surface area contributed by atoms with Crippen LogP contribution < -0.4 is 5.32 Å². The van der Waals surface area contributed by atoms with E-state index in [1.54, 1.807) is 11.8 Å². The lowest BCUT2D eigenvalue weighted by Gasteiger charge is -2.09. The molecule has 0 aromatic heterocycles. The van der Waals surface area contributed by atoms with Crippen LogP contribution in [0.3, 0.4) is 0 Å². The van der Waals surface area contributed by atoms with Gasteiger partial charge >= 0.3 is 0 Å². The van der Waals surface area contributed by atoms with Crippen LogP contribution in [0.15, 0.2) is 29.2 Å². The van der Waals surface area contributed by atoms with Gasteiger partial charge in [0.2, 0.25) is 0 Å². The van der Waals surface area contributed by atoms with Crippen molar-refractivity contribution in [2.75, 3.05) is 12.4 Å². The van der Waals surface area contributed by atoms with Crippen LogP contribution in [-0.4, -0.2) is 18.5 Å². The molecule has 0 fully saturated rings. The Morgan fingerprint density at radius 2 is 2.19 bits per heavy atom. The lowest BCUT2D eigenvalue weighted by Crippen LogP contribution is -2.21. The molecule has 0 bridgehead atoms. The number of hydrogen-bond acceptors (Lipinski definition) is 2. The number of hydrogen-bond donors (Lipinski definition) is 1. The monoisotopic (exact) mass is 241 g/mol. The number of benzene rings is 1. The first kappa shape index (κ1) is 13.5. The average molecular weight is 241 g/mol. The second-order valence-electron chi connectivity index (χ2n) is 4.07. The minimum atomic E-state index is -0.221. The third-order valence-corrected chi connectivity index (χ3v) is 3.24. The minimum absolute atomic E-state index is 0.221. The van der Waals surface area contributed by atoms with E-state index in [2.05, 4.69) is 43.4 Å². The Morgan fingerprint density at radius 1 is 1.38 bits per heavy atom. The highest BCUT2D eigenvalue weighted by molar-refractivity contribution is 7.99. The molecule has 90 valence electrons. The number of halogens is 1. The van der Waals surface area contributed by atoms with Crippen LogP contribution in [-0.2, 0) is 6.54 Å². The topological polar surface area (TPSA) is 12.0 Å². The summed E-state index contributed by atoms with van der Waals surface area (Å²) in [5.74, 6) is 0.859. The van der Waals surface area contributed by atoms with Crippen molar-refractivity contribution in [2.45, 2.75) is 37.8 Å². The normalized spacial score (nSPS) is 11.0. The molecule has 0 aliphatic heterocycles. The predicted octanol–water partition coefficient (Wildman–Crippen LogP) is 3.64. The lowest BCUT2D eigenvalue weighted by atomic mass is 10.2. The molecule has 0 aliphatic rings. The molecule has 0 radical (unpaired) electrons. The standard InChI is InChI=1S/C13H20FNS/c1-11(2)15-10-12-5-3-6-13(9-12)16-8-4-7-14/h3,5-6,9,11,15H,4,7-8,10H2,1-2H3. The third kappa shape index (κ3) is 5.52. The van der Waals surface area contributed by atoms with Crippen molar-refractivity contribution in [3.05, 3.63) is 29.8 Å². The molecule has 0 amide bonds. The van der Waals surface area contributed by atoms with E-state index in [9.17, 15) is 4.39 Å². The summed E-state index contributed by atoms with van der Waals surface area (Å²) in [7, 11) is 0. The molecule has 1 rings (SSSR count). The molecule has 1 aromatic rings. The van der Waals surface area contributed by atoms with E-state index in [0.29, 0.717) is 12.5 Å². The number of alkyl halides is 1. The van der Waals surface area contributed by atoms with Crippen molar-refractivity contribution in [3.8, 4) is 0 Å². The first-order valence-corrected chi connectivity index (χ1v) is 6.72. The Kier molecular flexibility index (Phi) is 6.50. The molecular weight excluding hydrogens is 221 g/mol. The zero-order valence-corrected chi connectivity index (χ0v) is 10.8. The van der Waals surface area contributed by atoms with Gasteiger partial charge in [0.25, 0.3) is 0 Å². The Balaban J connectivity index is 2.43. The van der Waals surface area contributed by atoms with Crippen LogP contribution >= 0.6 is 11.8 Å². The molecule has 0 spiro atoms. The molecule has 3 heteroatoms. The van der Waals surface area contributed by atoms with E-state index < -0.39 is 0 Å². The summed E-state index contributed by atoms with van der Waals surface area (Å²) in [6, 6.07) is 8.95. The summed E-state index contributed by atoms with van der Waals surface area (Å²) in [5.41, 5.74) is 1.29. The van der Waals surface area contributed by atoms with Gasteiger partial charge in [-0.25, -0.2) is 0 Å². The third-order valence-electron chi connectivity index (χ3n) is 2.16. The van der Waals surface area contributed by atoms with Crippen LogP contribution in [0, 0.1) is 0 Å². The molecule has 0 heterocycles. The second kappa shape index (κ2) is 7.69. The van der Waals surface area contributed by atoms with Gasteiger partial charge in [0.15, 0.2) is 0 Å². The zero-order chi connectivity index (χ0) is 11.8. The van der Waals surface area contributed by atoms with Crippen LogP contribution in [0.1, 0.15) is 25.8 Å². The molecule has 1 N–H and O–H groups in total. The van der Waals surface area contributed by atoms with Gasteiger partial charge in [-0.1, -0.05) is 26.0 Å². The molecule has 0 atom stereocenters. The van der Waals surface area contributed by atoms with Gasteiger partial charge < -0.3 is 5.32 Å². The van der Waals surface area contributed by atoms with Gasteiger partial charge in [0.1, 0.15) is 0 Å². The highest BCUT2D eigenvalue weighted by atomic mass is 32.2. The van der Waals surface area contributed by atoms with E-state index in [-0.39, 0.29) is 6.67 Å². The molecule has 0 unspecified atom stereocenters. The van der Waals surface area contributed by atoms with Crippen molar-refractivity contribution in [1.29, 1.82) is 0 Å². The molecule has 0 saturated carbocycles. The Morgan fingerprint density at radius 3 is 2.88 bits per heavy atom. The summed E-state index contributed by atoms with van der Waals surface area (Å²) < 4.78 is 12.0. The maximum atomic E-state index is 12.0. The van der Waals surface area contributed by atoms with E-state index in [4.69, 9.17) is 0 Å². The minimum Gasteiger partial charge on any atom is -0.310 e. The van der Waals surface area contributed by atoms with E-state index in [0.717, 1.165) is 12.3 Å². The summed E-state index contributed by atoms with van der Waals surface area (Å²) in [4.78, 5) is 1.23. The van der Waals surface area contributed by atoms with Crippen molar-refractivity contribution < 1.29 is 4.39 Å². The van der Waals surface area contributed by atoms with Gasteiger partial charge in [-0.3, -0.25) is 4.39 Å². The largest absolute Gasteiger partial charge is 0.310 e. The van der Waals surface area contributed by atoms with Crippen LogP contribution in [0.25, 0.3) is 0 Å². The van der Waals surface area contributed by atoms with Gasteiger partial charge in [0, 0.05) is 23.2 Å². The first-order chi connectivity index (χ1) is 7.72. The number of nitrogens with one attached hydrogen (secondary N) is 1. The van der Waals surface area contributed by atoms with Gasteiger partial charge in [-0.15, -0.1) is 11.8 Å². The smallest absolute Gasteiger partial charge is 0.0902 e. The molecular formula is C13H20FNS. The SMILES string of the molecule is CC(C)NCc1cccc(SCCCF)c1. The van der Waals surface area contributed by atoms with Gasteiger partial charge in [0.05, 0.1) is 6.67 Å². The van der Waals surface area contributed by atoms with E-state index >= 15 is 0 Å². The van der Waals surface area contributed by atoms with E-state index in [1.807, 2.05) is 0 Å². The fourth-order valence-corrected chi connectivity index (χ4v) is 2.21. The summed E-state index contributed by atoms with van der Waals surface area (Å²) >= 11 is 1.73. The highest BCUT2D eigenvalue weighted by Crippen LogP contribution is 2.19. The first-order valence-electron chi connectivity index (χ1n) is 5.73. The molecule has 0 saturated heterocycles. The van der Waals surface area contributed by atoms with Crippen molar-refractivity contribution in [3.63, 3.8) is 0 Å². The van der Waals surface area contributed by atoms with Crippen molar-refractivity contribution in [2.24, 2.45) is 0 Å². The van der Waals surface area contributed by atoms with Crippen molar-refractivity contribution >= 4 is 11.8 Å². The maximum Gasteiger partial charge on any atom is 0.0902 e. The van der Waals surface area contributed by atoms with Crippen LogP contribution in [0.5, 0.6) is 0 Å². The Hall–Kier alpha value is -0.540. The highest BCUT2D eigenvalue weighted by Gasteiger charge is 1.98. The molecule has 1 aromatic carbocycles. The average Bonchev–Trinajstić information content (AvgIpc) is 2.27. The van der Waals surface area contributed by atoms with Gasteiger partial charge in [-0.05, 0) is 24.1 Å². The van der Waals surface area contributed by atoms with Gasteiger partial charge in [-0.2, -0.15) is 0 Å². The Labute approximate surface area is 102 Å². The molecule has 0 aliphatic carbocycles. The van der Waals surface area contributed by atoms with Crippen molar-refractivity contribution in [1.82, 2.24) is 5.32 Å².